The number of nitrogens with one attached hydrogen (secondary N) is 1. The molecule has 0 radical (unpaired) electrons. The van der Waals surface area contributed by atoms with Crippen LogP contribution in [0.5, 0.6) is 0 Å². The summed E-state index contributed by atoms with van der Waals surface area (Å²) in [6.45, 7) is 4.25. The van der Waals surface area contributed by atoms with Crippen molar-refractivity contribution < 1.29 is 24.2 Å². The SMILES string of the molecule is CC[C@@H](NC(=O)OCC1c2ccccc2-c2ccccc21)C(=O)N1CC[C@H](C(=O)O)C[C@@H]1C. The van der Waals surface area contributed by atoms with Gasteiger partial charge in [-0.15, -0.1) is 0 Å². The second-order valence-electron chi connectivity index (χ2n) is 8.87. The Bertz CT molecular complexity index is 1010. The van der Waals surface area contributed by atoms with Crippen LogP contribution in [-0.4, -0.2) is 53.2 Å². The van der Waals surface area contributed by atoms with E-state index in [2.05, 4.69) is 29.6 Å². The Morgan fingerprint density at radius 1 is 1.09 bits per heavy atom. The number of benzene rings is 2. The first kappa shape index (κ1) is 22.8. The third kappa shape index (κ3) is 4.58. The molecule has 2 aromatic carbocycles. The van der Waals surface area contributed by atoms with E-state index in [0.29, 0.717) is 25.8 Å². The first-order valence-electron chi connectivity index (χ1n) is 11.6. The maximum absolute atomic E-state index is 13.0. The van der Waals surface area contributed by atoms with Gasteiger partial charge in [0.1, 0.15) is 12.6 Å². The molecule has 4 rings (SSSR count). The number of aliphatic carboxylic acids is 1. The van der Waals surface area contributed by atoms with Crippen LogP contribution in [0.1, 0.15) is 50.2 Å². The van der Waals surface area contributed by atoms with Gasteiger partial charge in [0.2, 0.25) is 5.91 Å². The number of nitrogens with zero attached hydrogens (tertiary/aromatic N) is 1. The number of ether oxygens (including phenoxy) is 1. The van der Waals surface area contributed by atoms with Gasteiger partial charge in [-0.1, -0.05) is 55.5 Å². The molecule has 3 atom stereocenters. The summed E-state index contributed by atoms with van der Waals surface area (Å²) in [5, 5.41) is 12.0. The Morgan fingerprint density at radius 2 is 1.70 bits per heavy atom. The lowest BCUT2D eigenvalue weighted by molar-refractivity contribution is -0.148. The van der Waals surface area contributed by atoms with Crippen molar-refractivity contribution in [2.24, 2.45) is 5.92 Å². The second kappa shape index (κ2) is 9.65. The normalized spacial score (nSPS) is 20.5. The van der Waals surface area contributed by atoms with E-state index in [-0.39, 0.29) is 24.5 Å². The summed E-state index contributed by atoms with van der Waals surface area (Å²) in [5.41, 5.74) is 4.57. The number of carbonyl (C=O) groups excluding carboxylic acids is 2. The molecule has 2 N–H and O–H groups in total. The summed E-state index contributed by atoms with van der Waals surface area (Å²) in [6.07, 6.45) is 0.647. The molecule has 1 heterocycles. The number of likely N-dealkylation sites (tertiary alicyclic amines) is 1. The fourth-order valence-electron chi connectivity index (χ4n) is 5.04. The van der Waals surface area contributed by atoms with Crippen LogP contribution in [0.3, 0.4) is 0 Å². The van der Waals surface area contributed by atoms with E-state index < -0.39 is 24.0 Å². The number of hydrogen-bond donors (Lipinski definition) is 2. The Balaban J connectivity index is 1.37. The zero-order valence-electron chi connectivity index (χ0n) is 19.0. The highest BCUT2D eigenvalue weighted by atomic mass is 16.5. The summed E-state index contributed by atoms with van der Waals surface area (Å²) in [6, 6.07) is 15.4. The van der Waals surface area contributed by atoms with Crippen LogP contribution in [0.2, 0.25) is 0 Å². The molecule has 7 heteroatoms. The molecule has 2 aliphatic rings. The van der Waals surface area contributed by atoms with E-state index in [1.54, 1.807) is 4.90 Å². The van der Waals surface area contributed by atoms with Crippen LogP contribution in [0.4, 0.5) is 4.79 Å². The molecule has 0 aromatic heterocycles. The maximum Gasteiger partial charge on any atom is 0.407 e. The minimum absolute atomic E-state index is 0.0472. The molecular formula is C26H30N2O5. The lowest BCUT2D eigenvalue weighted by Gasteiger charge is -2.38. The molecule has 0 unspecified atom stereocenters. The molecule has 174 valence electrons. The maximum atomic E-state index is 13.0. The molecule has 1 aliphatic carbocycles. The van der Waals surface area contributed by atoms with Crippen LogP contribution < -0.4 is 5.32 Å². The highest BCUT2D eigenvalue weighted by molar-refractivity contribution is 5.86. The van der Waals surface area contributed by atoms with E-state index in [9.17, 15) is 19.5 Å². The number of rotatable bonds is 6. The molecule has 1 aliphatic heterocycles. The number of amides is 2. The predicted octanol–water partition coefficient (Wildman–Crippen LogP) is 4.02. The van der Waals surface area contributed by atoms with Gasteiger partial charge in [0.05, 0.1) is 5.92 Å². The number of carbonyl (C=O) groups is 3. The third-order valence-electron chi connectivity index (χ3n) is 6.85. The summed E-state index contributed by atoms with van der Waals surface area (Å²) in [7, 11) is 0. The zero-order valence-corrected chi connectivity index (χ0v) is 19.0. The number of alkyl carbamates (subject to hydrolysis) is 1. The van der Waals surface area contributed by atoms with Crippen molar-refractivity contribution in [3.63, 3.8) is 0 Å². The van der Waals surface area contributed by atoms with E-state index >= 15 is 0 Å². The predicted molar refractivity (Wildman–Crippen MR) is 124 cm³/mol. The van der Waals surface area contributed by atoms with Crippen molar-refractivity contribution >= 4 is 18.0 Å². The van der Waals surface area contributed by atoms with E-state index in [1.807, 2.05) is 38.1 Å². The van der Waals surface area contributed by atoms with Gasteiger partial charge in [-0.2, -0.15) is 0 Å². The summed E-state index contributed by atoms with van der Waals surface area (Å²) in [5.74, 6) is -1.49. The summed E-state index contributed by atoms with van der Waals surface area (Å²) < 4.78 is 5.59. The standard InChI is InChI=1S/C26H30N2O5/c1-3-23(24(29)28-13-12-17(25(30)31)14-16(28)2)27-26(32)33-15-22-20-10-6-4-8-18(20)19-9-5-7-11-21(19)22/h4-11,16-17,22-23H,3,12-15H2,1-2H3,(H,27,32)(H,30,31)/t16-,17-,23+/m0/s1. The lowest BCUT2D eigenvalue weighted by Crippen LogP contribution is -2.54. The van der Waals surface area contributed by atoms with E-state index in [0.717, 1.165) is 22.3 Å². The minimum atomic E-state index is -0.822. The van der Waals surface area contributed by atoms with Crippen LogP contribution in [0.25, 0.3) is 11.1 Å². The second-order valence-corrected chi connectivity index (χ2v) is 8.87. The molecule has 2 amide bonds. The molecule has 1 fully saturated rings. The van der Waals surface area contributed by atoms with Crippen molar-refractivity contribution in [3.8, 4) is 11.1 Å². The average Bonchev–Trinajstić information content (AvgIpc) is 3.14. The minimum Gasteiger partial charge on any atom is -0.481 e. The number of fused-ring (bicyclic) bond motifs is 3. The number of hydrogen-bond acceptors (Lipinski definition) is 4. The lowest BCUT2D eigenvalue weighted by atomic mass is 9.91. The third-order valence-corrected chi connectivity index (χ3v) is 6.85. The van der Waals surface area contributed by atoms with Crippen LogP contribution in [0, 0.1) is 5.92 Å². The molecular weight excluding hydrogens is 420 g/mol. The van der Waals surface area contributed by atoms with Gasteiger partial charge in [0.25, 0.3) is 0 Å². The first-order valence-corrected chi connectivity index (χ1v) is 11.6. The van der Waals surface area contributed by atoms with Crippen molar-refractivity contribution in [2.75, 3.05) is 13.2 Å². The Morgan fingerprint density at radius 3 is 2.24 bits per heavy atom. The Hall–Kier alpha value is -3.35. The molecule has 0 spiro atoms. The molecule has 7 nitrogen and oxygen atoms in total. The quantitative estimate of drug-likeness (QED) is 0.693. The Kier molecular flexibility index (Phi) is 6.67. The highest BCUT2D eigenvalue weighted by Gasteiger charge is 2.35. The van der Waals surface area contributed by atoms with Crippen molar-refractivity contribution in [1.29, 1.82) is 0 Å². The zero-order chi connectivity index (χ0) is 23.5. The Labute approximate surface area is 193 Å². The van der Waals surface area contributed by atoms with Crippen LogP contribution >= 0.6 is 0 Å². The molecule has 1 saturated heterocycles. The molecule has 33 heavy (non-hydrogen) atoms. The fraction of sp³-hybridized carbons (Fsp3) is 0.423. The van der Waals surface area contributed by atoms with Gasteiger partial charge in [-0.05, 0) is 48.4 Å². The van der Waals surface area contributed by atoms with Crippen molar-refractivity contribution in [3.05, 3.63) is 59.7 Å². The average molecular weight is 451 g/mol. The number of carboxylic acids is 1. The number of piperidine rings is 1. The van der Waals surface area contributed by atoms with E-state index in [1.165, 1.54) is 0 Å². The van der Waals surface area contributed by atoms with Gasteiger partial charge < -0.3 is 20.1 Å². The smallest absolute Gasteiger partial charge is 0.407 e. The van der Waals surface area contributed by atoms with Gasteiger partial charge >= 0.3 is 12.1 Å². The van der Waals surface area contributed by atoms with Crippen LogP contribution in [0.15, 0.2) is 48.5 Å². The highest BCUT2D eigenvalue weighted by Crippen LogP contribution is 2.44. The summed E-state index contributed by atoms with van der Waals surface area (Å²) >= 11 is 0. The molecule has 2 aromatic rings. The number of carboxylic acid groups (broad SMARTS) is 1. The van der Waals surface area contributed by atoms with Gasteiger partial charge in [0.15, 0.2) is 0 Å². The molecule has 0 saturated carbocycles. The van der Waals surface area contributed by atoms with Crippen LogP contribution in [-0.2, 0) is 14.3 Å². The van der Waals surface area contributed by atoms with Crippen molar-refractivity contribution in [1.82, 2.24) is 10.2 Å². The molecule has 0 bridgehead atoms. The van der Waals surface area contributed by atoms with Gasteiger partial charge in [-0.3, -0.25) is 9.59 Å². The van der Waals surface area contributed by atoms with Gasteiger partial charge in [0, 0.05) is 18.5 Å². The van der Waals surface area contributed by atoms with Crippen molar-refractivity contribution in [2.45, 2.75) is 51.1 Å². The fourth-order valence-corrected chi connectivity index (χ4v) is 5.04. The largest absolute Gasteiger partial charge is 0.481 e. The van der Waals surface area contributed by atoms with Gasteiger partial charge in [-0.25, -0.2) is 4.79 Å². The first-order chi connectivity index (χ1) is 15.9. The van der Waals surface area contributed by atoms with E-state index in [4.69, 9.17) is 4.74 Å². The monoisotopic (exact) mass is 450 g/mol. The summed E-state index contributed by atoms with van der Waals surface area (Å²) in [4.78, 5) is 38.6. The topological polar surface area (TPSA) is 95.9 Å².